The molecule has 0 aromatic heterocycles. The second kappa shape index (κ2) is 12.3. The van der Waals surface area contributed by atoms with Crippen molar-refractivity contribution in [1.82, 2.24) is 10.2 Å². The normalized spacial score (nSPS) is 12.1. The predicted molar refractivity (Wildman–Crippen MR) is 135 cm³/mol. The highest BCUT2D eigenvalue weighted by Crippen LogP contribution is 2.33. The summed E-state index contributed by atoms with van der Waals surface area (Å²) in [5.74, 6) is -0.714. The van der Waals surface area contributed by atoms with Crippen LogP contribution in [-0.4, -0.2) is 57.6 Å². The average Bonchev–Trinajstić information content (AvgIpc) is 2.79. The Kier molecular flexibility index (Phi) is 10.0. The molecule has 0 saturated carbocycles. The zero-order valence-electron chi connectivity index (χ0n) is 19.5. The monoisotopic (exact) mass is 529 g/mol. The van der Waals surface area contributed by atoms with E-state index in [4.69, 9.17) is 27.9 Å². The number of hydrogen-bond donors (Lipinski definition) is 1. The second-order valence-corrected chi connectivity index (χ2v) is 10.4. The van der Waals surface area contributed by atoms with Crippen LogP contribution < -0.4 is 14.4 Å². The van der Waals surface area contributed by atoms with Crippen LogP contribution in [0.1, 0.15) is 25.8 Å². The Hall–Kier alpha value is -2.49. The lowest BCUT2D eigenvalue weighted by Crippen LogP contribution is -2.51. The van der Waals surface area contributed by atoms with Gasteiger partial charge in [-0.25, -0.2) is 8.42 Å². The minimum absolute atomic E-state index is 0.0174. The zero-order chi connectivity index (χ0) is 25.5. The standard InChI is InChI=1S/C23H29Cl2N3O5S/c1-5-12-26-23(30)16(2)27(14-17-8-6-7-9-19(17)25)22(29)15-28(34(4,31)32)20-13-18(24)10-11-21(20)33-3/h6-11,13,16H,5,12,14-15H2,1-4H3,(H,26,30). The van der Waals surface area contributed by atoms with Crippen LogP contribution in [0, 0.1) is 0 Å². The Morgan fingerprint density at radius 1 is 1.15 bits per heavy atom. The van der Waals surface area contributed by atoms with E-state index in [9.17, 15) is 18.0 Å². The molecule has 2 rings (SSSR count). The van der Waals surface area contributed by atoms with Gasteiger partial charge in [-0.3, -0.25) is 13.9 Å². The van der Waals surface area contributed by atoms with E-state index in [1.807, 2.05) is 6.92 Å². The number of amides is 2. The van der Waals surface area contributed by atoms with Crippen molar-refractivity contribution in [3.63, 3.8) is 0 Å². The molecule has 2 amide bonds. The molecule has 0 fully saturated rings. The average molecular weight is 530 g/mol. The van der Waals surface area contributed by atoms with Crippen LogP contribution in [0.25, 0.3) is 0 Å². The summed E-state index contributed by atoms with van der Waals surface area (Å²) in [4.78, 5) is 27.5. The smallest absolute Gasteiger partial charge is 0.244 e. The molecule has 0 bridgehead atoms. The van der Waals surface area contributed by atoms with Gasteiger partial charge < -0.3 is 15.0 Å². The fourth-order valence-corrected chi connectivity index (χ4v) is 4.45. The summed E-state index contributed by atoms with van der Waals surface area (Å²) in [5.41, 5.74) is 0.741. The van der Waals surface area contributed by atoms with E-state index in [2.05, 4.69) is 5.32 Å². The number of methoxy groups -OCH3 is 1. The molecule has 0 aliphatic carbocycles. The Labute approximate surface area is 210 Å². The van der Waals surface area contributed by atoms with Crippen molar-refractivity contribution in [2.45, 2.75) is 32.9 Å². The van der Waals surface area contributed by atoms with Crippen molar-refractivity contribution < 1.29 is 22.7 Å². The molecule has 2 aromatic rings. The molecule has 0 saturated heterocycles. The Morgan fingerprint density at radius 3 is 2.41 bits per heavy atom. The zero-order valence-corrected chi connectivity index (χ0v) is 21.9. The minimum atomic E-state index is -3.92. The molecule has 8 nitrogen and oxygen atoms in total. The van der Waals surface area contributed by atoms with E-state index in [-0.39, 0.29) is 28.9 Å². The van der Waals surface area contributed by atoms with Gasteiger partial charge in [0.15, 0.2) is 0 Å². The fourth-order valence-electron chi connectivity index (χ4n) is 3.24. The summed E-state index contributed by atoms with van der Waals surface area (Å²) in [7, 11) is -2.53. The van der Waals surface area contributed by atoms with Crippen LogP contribution >= 0.6 is 23.2 Å². The highest BCUT2D eigenvalue weighted by atomic mass is 35.5. The van der Waals surface area contributed by atoms with Crippen LogP contribution in [0.15, 0.2) is 42.5 Å². The summed E-state index contributed by atoms with van der Waals surface area (Å²) in [6.07, 6.45) is 1.71. The molecule has 0 aliphatic rings. The highest BCUT2D eigenvalue weighted by molar-refractivity contribution is 7.92. The van der Waals surface area contributed by atoms with Gasteiger partial charge in [0.05, 0.1) is 19.1 Å². The summed E-state index contributed by atoms with van der Waals surface area (Å²) >= 11 is 12.4. The first kappa shape index (κ1) is 27.8. The van der Waals surface area contributed by atoms with Crippen molar-refractivity contribution in [3.05, 3.63) is 58.1 Å². The molecule has 0 spiro atoms. The molecule has 0 radical (unpaired) electrons. The number of nitrogens with zero attached hydrogens (tertiary/aromatic N) is 2. The maximum Gasteiger partial charge on any atom is 0.244 e. The number of anilines is 1. The third-order valence-electron chi connectivity index (χ3n) is 5.10. The van der Waals surface area contributed by atoms with Crippen LogP contribution in [0.2, 0.25) is 10.0 Å². The Bertz CT molecular complexity index is 1130. The first-order chi connectivity index (χ1) is 16.0. The number of benzene rings is 2. The number of ether oxygens (including phenoxy) is 1. The van der Waals surface area contributed by atoms with Crippen molar-refractivity contribution in [3.8, 4) is 5.75 Å². The number of carbonyl (C=O) groups is 2. The number of rotatable bonds is 11. The molecule has 1 atom stereocenters. The number of carbonyl (C=O) groups excluding carboxylic acids is 2. The first-order valence-electron chi connectivity index (χ1n) is 10.6. The van der Waals surface area contributed by atoms with Crippen molar-refractivity contribution in [1.29, 1.82) is 0 Å². The van der Waals surface area contributed by atoms with E-state index in [0.29, 0.717) is 17.1 Å². The van der Waals surface area contributed by atoms with E-state index >= 15 is 0 Å². The number of sulfonamides is 1. The summed E-state index contributed by atoms with van der Waals surface area (Å²) in [6, 6.07) is 10.5. The summed E-state index contributed by atoms with van der Waals surface area (Å²) < 4.78 is 31.6. The van der Waals surface area contributed by atoms with E-state index < -0.39 is 28.5 Å². The minimum Gasteiger partial charge on any atom is -0.495 e. The Morgan fingerprint density at radius 2 is 1.82 bits per heavy atom. The van der Waals surface area contributed by atoms with Crippen LogP contribution in [0.5, 0.6) is 5.75 Å². The topological polar surface area (TPSA) is 96.0 Å². The molecule has 186 valence electrons. The van der Waals surface area contributed by atoms with E-state index in [1.54, 1.807) is 37.3 Å². The lowest BCUT2D eigenvalue weighted by molar-refractivity contribution is -0.139. The molecule has 0 heterocycles. The summed E-state index contributed by atoms with van der Waals surface area (Å²) in [5, 5.41) is 3.48. The SMILES string of the molecule is CCCNC(=O)C(C)N(Cc1ccccc1Cl)C(=O)CN(c1cc(Cl)ccc1OC)S(C)(=O)=O. The second-order valence-electron chi connectivity index (χ2n) is 7.67. The Balaban J connectivity index is 2.46. The quantitative estimate of drug-likeness (QED) is 0.478. The van der Waals surface area contributed by atoms with Gasteiger partial charge in [-0.1, -0.05) is 48.3 Å². The van der Waals surface area contributed by atoms with Gasteiger partial charge in [-0.05, 0) is 43.2 Å². The molecule has 2 aromatic carbocycles. The molecule has 11 heteroatoms. The van der Waals surface area contributed by atoms with Gasteiger partial charge in [-0.15, -0.1) is 0 Å². The van der Waals surface area contributed by atoms with Gasteiger partial charge in [0.1, 0.15) is 18.3 Å². The van der Waals surface area contributed by atoms with Gasteiger partial charge in [0.25, 0.3) is 0 Å². The number of nitrogens with one attached hydrogen (secondary N) is 1. The van der Waals surface area contributed by atoms with Gasteiger partial charge in [0, 0.05) is 23.1 Å². The largest absolute Gasteiger partial charge is 0.495 e. The lowest BCUT2D eigenvalue weighted by atomic mass is 10.1. The maximum atomic E-state index is 13.5. The predicted octanol–water partition coefficient (Wildman–Crippen LogP) is 3.71. The maximum absolute atomic E-state index is 13.5. The van der Waals surface area contributed by atoms with E-state index in [0.717, 1.165) is 17.0 Å². The fraction of sp³-hybridized carbons (Fsp3) is 0.391. The van der Waals surface area contributed by atoms with Gasteiger partial charge in [0.2, 0.25) is 21.8 Å². The van der Waals surface area contributed by atoms with Crippen LogP contribution in [-0.2, 0) is 26.2 Å². The highest BCUT2D eigenvalue weighted by Gasteiger charge is 2.31. The third-order valence-corrected chi connectivity index (χ3v) is 6.83. The van der Waals surface area contributed by atoms with Crippen molar-refractivity contribution >= 4 is 50.7 Å². The third kappa shape index (κ3) is 7.25. The first-order valence-corrected chi connectivity index (χ1v) is 13.2. The van der Waals surface area contributed by atoms with Crippen LogP contribution in [0.3, 0.4) is 0 Å². The molecule has 34 heavy (non-hydrogen) atoms. The van der Waals surface area contributed by atoms with Gasteiger partial charge >= 0.3 is 0 Å². The lowest BCUT2D eigenvalue weighted by Gasteiger charge is -2.32. The molecule has 1 unspecified atom stereocenters. The van der Waals surface area contributed by atoms with E-state index in [1.165, 1.54) is 24.1 Å². The number of halogens is 2. The molecular formula is C23H29Cl2N3O5S. The number of hydrogen-bond acceptors (Lipinski definition) is 5. The summed E-state index contributed by atoms with van der Waals surface area (Å²) in [6.45, 7) is 3.41. The molecule has 0 aliphatic heterocycles. The van der Waals surface area contributed by atoms with Gasteiger partial charge in [-0.2, -0.15) is 0 Å². The molecule has 1 N–H and O–H groups in total. The van der Waals surface area contributed by atoms with Crippen molar-refractivity contribution in [2.24, 2.45) is 0 Å². The molecular weight excluding hydrogens is 501 g/mol. The van der Waals surface area contributed by atoms with Crippen molar-refractivity contribution in [2.75, 3.05) is 30.8 Å². The van der Waals surface area contributed by atoms with Crippen LogP contribution in [0.4, 0.5) is 5.69 Å².